The summed E-state index contributed by atoms with van der Waals surface area (Å²) in [6.45, 7) is 3.63. The molecule has 4 N–H and O–H groups in total. The van der Waals surface area contributed by atoms with Crippen molar-refractivity contribution in [1.29, 1.82) is 0 Å². The monoisotopic (exact) mass is 306 g/mol. The van der Waals surface area contributed by atoms with Crippen LogP contribution in [0.3, 0.4) is 0 Å². The van der Waals surface area contributed by atoms with Gasteiger partial charge in [0.1, 0.15) is 0 Å². The molecule has 112 valence electrons. The SMILES string of the molecule is Cc1cc(NN)cc(C)c1S(=O)(=O)NCc1ccccn1. The number of pyridine rings is 1. The van der Waals surface area contributed by atoms with Crippen LogP contribution in [0.25, 0.3) is 0 Å². The summed E-state index contributed by atoms with van der Waals surface area (Å²) in [6, 6.07) is 8.76. The third-order valence-electron chi connectivity index (χ3n) is 3.07. The van der Waals surface area contributed by atoms with E-state index in [0.717, 1.165) is 0 Å². The molecule has 0 aliphatic heterocycles. The Labute approximate surface area is 124 Å². The van der Waals surface area contributed by atoms with E-state index in [2.05, 4.69) is 15.1 Å². The second-order valence-corrected chi connectivity index (χ2v) is 6.43. The lowest BCUT2D eigenvalue weighted by Gasteiger charge is -2.13. The first-order chi connectivity index (χ1) is 9.94. The number of benzene rings is 1. The van der Waals surface area contributed by atoms with Gasteiger partial charge in [0, 0.05) is 11.9 Å². The molecule has 1 aromatic heterocycles. The largest absolute Gasteiger partial charge is 0.324 e. The van der Waals surface area contributed by atoms with Gasteiger partial charge in [0.15, 0.2) is 0 Å². The van der Waals surface area contributed by atoms with Crippen LogP contribution in [0, 0.1) is 13.8 Å². The molecule has 0 aliphatic rings. The number of nitrogens with one attached hydrogen (secondary N) is 2. The minimum Gasteiger partial charge on any atom is -0.324 e. The van der Waals surface area contributed by atoms with Gasteiger partial charge in [-0.15, -0.1) is 0 Å². The molecule has 6 nitrogen and oxygen atoms in total. The number of nitrogens with two attached hydrogens (primary N) is 1. The van der Waals surface area contributed by atoms with E-state index < -0.39 is 10.0 Å². The van der Waals surface area contributed by atoms with E-state index >= 15 is 0 Å². The first kappa shape index (κ1) is 15.4. The maximum Gasteiger partial charge on any atom is 0.241 e. The summed E-state index contributed by atoms with van der Waals surface area (Å²) in [4.78, 5) is 4.37. The number of nitrogen functional groups attached to an aromatic ring is 1. The van der Waals surface area contributed by atoms with Crippen molar-refractivity contribution in [2.24, 2.45) is 5.84 Å². The summed E-state index contributed by atoms with van der Waals surface area (Å²) >= 11 is 0. The average molecular weight is 306 g/mol. The van der Waals surface area contributed by atoms with E-state index in [1.165, 1.54) is 0 Å². The zero-order chi connectivity index (χ0) is 15.5. The fourth-order valence-corrected chi connectivity index (χ4v) is 3.65. The Bertz CT molecular complexity index is 707. The Morgan fingerprint density at radius 3 is 2.38 bits per heavy atom. The number of aryl methyl sites for hydroxylation is 2. The van der Waals surface area contributed by atoms with Crippen molar-refractivity contribution in [3.63, 3.8) is 0 Å². The van der Waals surface area contributed by atoms with Crippen molar-refractivity contribution in [3.05, 3.63) is 53.3 Å². The third-order valence-corrected chi connectivity index (χ3v) is 4.77. The fraction of sp³-hybridized carbons (Fsp3) is 0.214. The highest BCUT2D eigenvalue weighted by molar-refractivity contribution is 7.89. The number of hydrogen-bond acceptors (Lipinski definition) is 5. The molecular weight excluding hydrogens is 288 g/mol. The van der Waals surface area contributed by atoms with Crippen LogP contribution in [0.4, 0.5) is 5.69 Å². The molecule has 0 saturated carbocycles. The molecule has 1 aromatic carbocycles. The second-order valence-electron chi connectivity index (χ2n) is 4.73. The van der Waals surface area contributed by atoms with Crippen LogP contribution < -0.4 is 16.0 Å². The van der Waals surface area contributed by atoms with Crippen LogP contribution in [0.5, 0.6) is 0 Å². The number of hydrazine groups is 1. The van der Waals surface area contributed by atoms with Gasteiger partial charge in [0.25, 0.3) is 0 Å². The standard InChI is InChI=1S/C14H18N4O2S/c1-10-7-13(18-15)8-11(2)14(10)21(19,20)17-9-12-5-3-4-6-16-12/h3-8,17-18H,9,15H2,1-2H3. The Balaban J connectivity index is 2.28. The molecule has 0 spiro atoms. The molecule has 2 rings (SSSR count). The van der Waals surface area contributed by atoms with Crippen molar-refractivity contribution in [3.8, 4) is 0 Å². The summed E-state index contributed by atoms with van der Waals surface area (Å²) in [5.74, 6) is 5.36. The molecule has 0 aliphatic carbocycles. The third kappa shape index (κ3) is 3.57. The van der Waals surface area contributed by atoms with Crippen molar-refractivity contribution in [2.45, 2.75) is 25.3 Å². The van der Waals surface area contributed by atoms with Gasteiger partial charge < -0.3 is 5.43 Å². The molecule has 0 bridgehead atoms. The summed E-state index contributed by atoms with van der Waals surface area (Å²) in [7, 11) is -3.60. The normalized spacial score (nSPS) is 11.4. The van der Waals surface area contributed by atoms with Crippen LogP contribution in [-0.4, -0.2) is 13.4 Å². The second kappa shape index (κ2) is 6.21. The van der Waals surface area contributed by atoms with Crippen LogP contribution in [0.2, 0.25) is 0 Å². The predicted octanol–water partition coefficient (Wildman–Crippen LogP) is 1.46. The molecule has 0 fully saturated rings. The molecule has 0 amide bonds. The Kier molecular flexibility index (Phi) is 4.56. The van der Waals surface area contributed by atoms with Crippen molar-refractivity contribution in [1.82, 2.24) is 9.71 Å². The van der Waals surface area contributed by atoms with Gasteiger partial charge in [-0.3, -0.25) is 10.8 Å². The van der Waals surface area contributed by atoms with Gasteiger partial charge in [0.2, 0.25) is 10.0 Å². The highest BCUT2D eigenvalue weighted by Crippen LogP contribution is 2.24. The van der Waals surface area contributed by atoms with Gasteiger partial charge >= 0.3 is 0 Å². The summed E-state index contributed by atoms with van der Waals surface area (Å²) in [5.41, 5.74) is 5.13. The van der Waals surface area contributed by atoms with Crippen LogP contribution in [0.15, 0.2) is 41.4 Å². The van der Waals surface area contributed by atoms with Crippen molar-refractivity contribution < 1.29 is 8.42 Å². The quantitative estimate of drug-likeness (QED) is 0.574. The number of aromatic nitrogens is 1. The van der Waals surface area contributed by atoms with Crippen molar-refractivity contribution >= 4 is 15.7 Å². The summed E-state index contributed by atoms with van der Waals surface area (Å²) < 4.78 is 27.5. The summed E-state index contributed by atoms with van der Waals surface area (Å²) in [5, 5.41) is 0. The van der Waals surface area contributed by atoms with Crippen LogP contribution in [0.1, 0.15) is 16.8 Å². The Morgan fingerprint density at radius 1 is 1.19 bits per heavy atom. The highest BCUT2D eigenvalue weighted by atomic mass is 32.2. The van der Waals surface area contributed by atoms with Crippen LogP contribution in [-0.2, 0) is 16.6 Å². The number of anilines is 1. The van der Waals surface area contributed by atoms with Gasteiger partial charge in [-0.25, -0.2) is 13.1 Å². The zero-order valence-corrected chi connectivity index (χ0v) is 12.7. The lowest BCUT2D eigenvalue weighted by atomic mass is 10.1. The van der Waals surface area contributed by atoms with E-state index in [0.29, 0.717) is 22.5 Å². The minimum atomic E-state index is -3.60. The molecule has 21 heavy (non-hydrogen) atoms. The number of nitrogens with zero attached hydrogens (tertiary/aromatic N) is 1. The van der Waals surface area contributed by atoms with Gasteiger partial charge in [-0.1, -0.05) is 6.07 Å². The molecule has 7 heteroatoms. The molecule has 0 unspecified atom stereocenters. The minimum absolute atomic E-state index is 0.152. The Hall–Kier alpha value is -1.96. The molecule has 0 atom stereocenters. The maximum atomic E-state index is 12.5. The lowest BCUT2D eigenvalue weighted by Crippen LogP contribution is -2.25. The van der Waals surface area contributed by atoms with E-state index in [1.807, 2.05) is 6.07 Å². The van der Waals surface area contributed by atoms with Crippen molar-refractivity contribution in [2.75, 3.05) is 5.43 Å². The topological polar surface area (TPSA) is 97.1 Å². The Morgan fingerprint density at radius 2 is 1.86 bits per heavy atom. The number of rotatable bonds is 5. The first-order valence-electron chi connectivity index (χ1n) is 6.41. The zero-order valence-electron chi connectivity index (χ0n) is 11.9. The van der Waals surface area contributed by atoms with Gasteiger partial charge in [0.05, 0.1) is 17.1 Å². The molecule has 2 aromatic rings. The number of hydrogen-bond donors (Lipinski definition) is 3. The summed E-state index contributed by atoms with van der Waals surface area (Å²) in [6.07, 6.45) is 1.63. The highest BCUT2D eigenvalue weighted by Gasteiger charge is 2.20. The van der Waals surface area contributed by atoms with Gasteiger partial charge in [-0.2, -0.15) is 0 Å². The maximum absolute atomic E-state index is 12.5. The average Bonchev–Trinajstić information content (AvgIpc) is 2.45. The lowest BCUT2D eigenvalue weighted by molar-refractivity contribution is 0.579. The molecule has 1 heterocycles. The van der Waals surface area contributed by atoms with Gasteiger partial charge in [-0.05, 0) is 49.2 Å². The van der Waals surface area contributed by atoms with E-state index in [4.69, 9.17) is 5.84 Å². The van der Waals surface area contributed by atoms with E-state index in [1.54, 1.807) is 44.3 Å². The van der Waals surface area contributed by atoms with E-state index in [9.17, 15) is 8.42 Å². The predicted molar refractivity (Wildman–Crippen MR) is 82.0 cm³/mol. The molecular formula is C14H18N4O2S. The van der Waals surface area contributed by atoms with E-state index in [-0.39, 0.29) is 11.4 Å². The van der Waals surface area contributed by atoms with Crippen LogP contribution >= 0.6 is 0 Å². The molecule has 0 saturated heterocycles. The first-order valence-corrected chi connectivity index (χ1v) is 7.90. The number of sulfonamides is 1. The molecule has 0 radical (unpaired) electrons. The fourth-order valence-electron chi connectivity index (χ4n) is 2.20. The smallest absolute Gasteiger partial charge is 0.241 e.